The number of aliphatic hydroxyl groups is 1. The van der Waals surface area contributed by atoms with Crippen molar-refractivity contribution < 1.29 is 5.11 Å². The average Bonchev–Trinajstić information content (AvgIpc) is 2.34. The summed E-state index contributed by atoms with van der Waals surface area (Å²) < 4.78 is 0. The second-order valence-corrected chi connectivity index (χ2v) is 4.72. The summed E-state index contributed by atoms with van der Waals surface area (Å²) in [5.74, 6) is 0.646. The number of likely N-dealkylation sites (N-methyl/N-ethyl adjacent to an activating group) is 1. The van der Waals surface area contributed by atoms with E-state index in [2.05, 4.69) is 26.8 Å². The van der Waals surface area contributed by atoms with Gasteiger partial charge in [-0.05, 0) is 14.0 Å². The highest BCUT2D eigenvalue weighted by Crippen LogP contribution is 2.10. The Bertz CT molecular complexity index is 469. The zero-order valence-corrected chi connectivity index (χ0v) is 12.2. The fraction of sp³-hybridized carbons (Fsp3) is 0.667. The van der Waals surface area contributed by atoms with Gasteiger partial charge in [0, 0.05) is 44.8 Å². The lowest BCUT2D eigenvalue weighted by atomic mass is 10.2. The van der Waals surface area contributed by atoms with E-state index in [4.69, 9.17) is 5.11 Å². The molecule has 1 aliphatic rings. The molecule has 19 heavy (non-hydrogen) atoms. The number of hydrogen-bond donors (Lipinski definition) is 2. The van der Waals surface area contributed by atoms with Crippen LogP contribution in [0.2, 0.25) is 0 Å². The van der Waals surface area contributed by atoms with E-state index in [0.29, 0.717) is 23.6 Å². The molecule has 0 unspecified atom stereocenters. The van der Waals surface area contributed by atoms with Crippen LogP contribution in [0.25, 0.3) is 0 Å². The normalized spacial score (nSPS) is 16.3. The molecule has 0 spiro atoms. The molecule has 1 aliphatic heterocycles. The maximum atomic E-state index is 11.9. The Morgan fingerprint density at radius 2 is 1.95 bits per heavy atom. The summed E-state index contributed by atoms with van der Waals surface area (Å²) in [6.45, 7) is 5.48. The van der Waals surface area contributed by atoms with Gasteiger partial charge in [-0.25, -0.2) is 4.98 Å². The van der Waals surface area contributed by atoms with Crippen LogP contribution in [0.15, 0.2) is 4.79 Å². The SMILES string of the molecule is Cc1nc(N2CCN(C)CC2)[nH]c(=O)c1CCO.Cl. The monoisotopic (exact) mass is 288 g/mol. The lowest BCUT2D eigenvalue weighted by Gasteiger charge is -2.32. The Labute approximate surface area is 118 Å². The summed E-state index contributed by atoms with van der Waals surface area (Å²) in [4.78, 5) is 23.5. The van der Waals surface area contributed by atoms with Crippen molar-refractivity contribution in [3.8, 4) is 0 Å². The van der Waals surface area contributed by atoms with Gasteiger partial charge in [0.15, 0.2) is 0 Å². The number of H-pyrrole nitrogens is 1. The minimum atomic E-state index is -0.134. The maximum absolute atomic E-state index is 11.9. The van der Waals surface area contributed by atoms with Crippen molar-refractivity contribution >= 4 is 18.4 Å². The van der Waals surface area contributed by atoms with Crippen LogP contribution < -0.4 is 10.5 Å². The van der Waals surface area contributed by atoms with Crippen LogP contribution in [-0.2, 0) is 6.42 Å². The fourth-order valence-corrected chi connectivity index (χ4v) is 2.17. The molecule has 0 bridgehead atoms. The molecule has 7 heteroatoms. The quantitative estimate of drug-likeness (QED) is 0.805. The molecule has 1 aromatic heterocycles. The number of piperazine rings is 1. The molecule has 0 aromatic carbocycles. The number of aromatic nitrogens is 2. The first-order chi connectivity index (χ1) is 8.61. The predicted molar refractivity (Wildman–Crippen MR) is 77.3 cm³/mol. The third kappa shape index (κ3) is 3.68. The zero-order valence-electron chi connectivity index (χ0n) is 11.3. The van der Waals surface area contributed by atoms with E-state index in [1.54, 1.807) is 0 Å². The van der Waals surface area contributed by atoms with Gasteiger partial charge in [0.05, 0.1) is 5.69 Å². The van der Waals surface area contributed by atoms with E-state index in [9.17, 15) is 4.79 Å². The number of anilines is 1. The van der Waals surface area contributed by atoms with E-state index in [-0.39, 0.29) is 24.6 Å². The second-order valence-electron chi connectivity index (χ2n) is 4.72. The zero-order chi connectivity index (χ0) is 13.1. The maximum Gasteiger partial charge on any atom is 0.255 e. The summed E-state index contributed by atoms with van der Waals surface area (Å²) >= 11 is 0. The number of nitrogens with zero attached hydrogens (tertiary/aromatic N) is 3. The number of hydrogen-bond acceptors (Lipinski definition) is 5. The number of aromatic amines is 1. The molecule has 0 radical (unpaired) electrons. The number of aliphatic hydroxyl groups excluding tert-OH is 1. The lowest BCUT2D eigenvalue weighted by Crippen LogP contribution is -2.45. The van der Waals surface area contributed by atoms with Crippen molar-refractivity contribution in [1.82, 2.24) is 14.9 Å². The molecule has 2 rings (SSSR count). The van der Waals surface area contributed by atoms with E-state index >= 15 is 0 Å². The predicted octanol–water partition coefficient (Wildman–Crippen LogP) is -0.213. The first-order valence-electron chi connectivity index (χ1n) is 6.26. The molecular weight excluding hydrogens is 268 g/mol. The number of rotatable bonds is 3. The molecule has 0 aliphatic carbocycles. The first kappa shape index (κ1) is 15.9. The van der Waals surface area contributed by atoms with Gasteiger partial charge in [-0.3, -0.25) is 9.78 Å². The van der Waals surface area contributed by atoms with Crippen molar-refractivity contribution in [2.75, 3.05) is 44.7 Å². The molecular formula is C12H21ClN4O2. The Balaban J connectivity index is 0.00000180. The van der Waals surface area contributed by atoms with Gasteiger partial charge in [-0.2, -0.15) is 0 Å². The second kappa shape index (κ2) is 6.88. The first-order valence-corrected chi connectivity index (χ1v) is 6.26. The highest BCUT2D eigenvalue weighted by Gasteiger charge is 2.17. The molecule has 108 valence electrons. The van der Waals surface area contributed by atoms with E-state index < -0.39 is 0 Å². The Hall–Kier alpha value is -1.11. The van der Waals surface area contributed by atoms with Crippen LogP contribution in [0.3, 0.4) is 0 Å². The number of halogens is 1. The van der Waals surface area contributed by atoms with Crippen molar-refractivity contribution in [3.05, 3.63) is 21.6 Å². The van der Waals surface area contributed by atoms with Gasteiger partial charge in [-0.15, -0.1) is 12.4 Å². The highest BCUT2D eigenvalue weighted by atomic mass is 35.5. The van der Waals surface area contributed by atoms with Gasteiger partial charge in [-0.1, -0.05) is 0 Å². The lowest BCUT2D eigenvalue weighted by molar-refractivity contribution is 0.298. The summed E-state index contributed by atoms with van der Waals surface area (Å²) in [7, 11) is 2.09. The van der Waals surface area contributed by atoms with Crippen LogP contribution in [0.1, 0.15) is 11.3 Å². The largest absolute Gasteiger partial charge is 0.396 e. The van der Waals surface area contributed by atoms with Crippen molar-refractivity contribution in [1.29, 1.82) is 0 Å². The Kier molecular flexibility index (Phi) is 5.78. The topological polar surface area (TPSA) is 72.5 Å². The Morgan fingerprint density at radius 3 is 2.47 bits per heavy atom. The molecule has 0 saturated carbocycles. The summed E-state index contributed by atoms with van der Waals surface area (Å²) in [5.41, 5.74) is 1.16. The van der Waals surface area contributed by atoms with Crippen LogP contribution in [0.5, 0.6) is 0 Å². The van der Waals surface area contributed by atoms with Crippen molar-refractivity contribution in [2.45, 2.75) is 13.3 Å². The van der Waals surface area contributed by atoms with E-state index in [1.165, 1.54) is 0 Å². The van der Waals surface area contributed by atoms with Crippen molar-refractivity contribution in [3.63, 3.8) is 0 Å². The van der Waals surface area contributed by atoms with Crippen molar-refractivity contribution in [2.24, 2.45) is 0 Å². The molecule has 1 saturated heterocycles. The van der Waals surface area contributed by atoms with Gasteiger partial charge in [0.25, 0.3) is 5.56 Å². The third-order valence-electron chi connectivity index (χ3n) is 3.37. The molecule has 1 fully saturated rings. The molecule has 6 nitrogen and oxygen atoms in total. The molecule has 0 amide bonds. The van der Waals surface area contributed by atoms with Gasteiger partial charge in [0.2, 0.25) is 5.95 Å². The minimum Gasteiger partial charge on any atom is -0.396 e. The minimum absolute atomic E-state index is 0. The molecule has 0 atom stereocenters. The Morgan fingerprint density at radius 1 is 1.32 bits per heavy atom. The fourth-order valence-electron chi connectivity index (χ4n) is 2.17. The molecule has 1 aromatic rings. The van der Waals surface area contributed by atoms with E-state index in [0.717, 1.165) is 26.2 Å². The summed E-state index contributed by atoms with van der Waals surface area (Å²) in [5, 5.41) is 8.92. The average molecular weight is 289 g/mol. The van der Waals surface area contributed by atoms with Gasteiger partial charge < -0.3 is 14.9 Å². The smallest absolute Gasteiger partial charge is 0.255 e. The van der Waals surface area contributed by atoms with Crippen LogP contribution >= 0.6 is 12.4 Å². The number of nitrogens with one attached hydrogen (secondary N) is 1. The van der Waals surface area contributed by atoms with Gasteiger partial charge in [0.1, 0.15) is 0 Å². The van der Waals surface area contributed by atoms with E-state index in [1.807, 2.05) is 6.92 Å². The number of aryl methyl sites for hydroxylation is 1. The van der Waals surface area contributed by atoms with Gasteiger partial charge >= 0.3 is 0 Å². The summed E-state index contributed by atoms with van der Waals surface area (Å²) in [6, 6.07) is 0. The molecule has 2 N–H and O–H groups in total. The third-order valence-corrected chi connectivity index (χ3v) is 3.37. The highest BCUT2D eigenvalue weighted by molar-refractivity contribution is 5.85. The standard InChI is InChI=1S/C12H20N4O2.ClH/c1-9-10(3-8-17)11(18)14-12(13-9)16-6-4-15(2)5-7-16;/h17H,3-8H2,1-2H3,(H,13,14,18);1H. The van der Waals surface area contributed by atoms with Crippen LogP contribution in [0.4, 0.5) is 5.95 Å². The summed E-state index contributed by atoms with van der Waals surface area (Å²) in [6.07, 6.45) is 0.358. The van der Waals surface area contributed by atoms with Crippen LogP contribution in [-0.4, -0.2) is 59.8 Å². The van der Waals surface area contributed by atoms with Crippen LogP contribution in [0, 0.1) is 6.92 Å². The molecule has 2 heterocycles.